The molecule has 0 amide bonds. The van der Waals surface area contributed by atoms with Crippen LogP contribution in [-0.2, 0) is 9.53 Å². The second kappa shape index (κ2) is 10.9. The molecule has 0 saturated carbocycles. The number of carbonyl (C=O) groups is 1. The number of ether oxygens (including phenoxy) is 2. The summed E-state index contributed by atoms with van der Waals surface area (Å²) in [6.07, 6.45) is 4.65. The first-order valence-electron chi connectivity index (χ1n) is 11.7. The molecule has 3 aliphatic rings. The van der Waals surface area contributed by atoms with Crippen molar-refractivity contribution < 1.29 is 19.4 Å². The molecular formula is C26H34N2O4S. The summed E-state index contributed by atoms with van der Waals surface area (Å²) in [5.74, 6) is 3.68. The Bertz CT molecular complexity index is 997. The second-order valence-electron chi connectivity index (χ2n) is 9.15. The molecule has 3 saturated heterocycles. The number of hydrogen-bond acceptors (Lipinski definition) is 7. The van der Waals surface area contributed by atoms with Crippen LogP contribution in [0.4, 0.5) is 0 Å². The minimum Gasteiger partial charge on any atom is -0.497 e. The third kappa shape index (κ3) is 5.53. The quantitative estimate of drug-likeness (QED) is 0.316. The van der Waals surface area contributed by atoms with E-state index in [0.717, 1.165) is 53.2 Å². The number of methoxy groups -OCH3 is 1. The van der Waals surface area contributed by atoms with E-state index in [1.807, 2.05) is 36.0 Å². The van der Waals surface area contributed by atoms with Crippen LogP contribution in [0.3, 0.4) is 0 Å². The molecule has 178 valence electrons. The van der Waals surface area contributed by atoms with Gasteiger partial charge in [0.15, 0.2) is 0 Å². The van der Waals surface area contributed by atoms with Crippen LogP contribution in [0.2, 0.25) is 0 Å². The molecule has 1 aromatic carbocycles. The summed E-state index contributed by atoms with van der Waals surface area (Å²) in [6, 6.07) is 7.93. The molecule has 6 nitrogen and oxygen atoms in total. The van der Waals surface area contributed by atoms with E-state index in [1.54, 1.807) is 20.2 Å². The zero-order chi connectivity index (χ0) is 23.4. The van der Waals surface area contributed by atoms with E-state index in [2.05, 4.69) is 16.5 Å². The lowest BCUT2D eigenvalue weighted by atomic mass is 9.72. The van der Waals surface area contributed by atoms with Crippen molar-refractivity contribution in [2.75, 3.05) is 38.3 Å². The molecule has 0 spiro atoms. The number of nitrogens with zero attached hydrogens (tertiary/aromatic N) is 2. The first-order valence-corrected chi connectivity index (χ1v) is 12.9. The van der Waals surface area contributed by atoms with Gasteiger partial charge in [0.05, 0.1) is 18.7 Å². The van der Waals surface area contributed by atoms with Gasteiger partial charge in [0, 0.05) is 35.5 Å². The second-order valence-corrected chi connectivity index (χ2v) is 10.4. The topological polar surface area (TPSA) is 71.9 Å². The average molecular weight is 471 g/mol. The smallest absolute Gasteiger partial charge is 0.333 e. The molecule has 2 bridgehead atoms. The summed E-state index contributed by atoms with van der Waals surface area (Å²) >= 11 is 1.84. The zero-order valence-corrected chi connectivity index (χ0v) is 20.4. The van der Waals surface area contributed by atoms with Gasteiger partial charge in [-0.25, -0.2) is 4.79 Å². The lowest BCUT2D eigenvalue weighted by molar-refractivity contribution is -0.138. The van der Waals surface area contributed by atoms with Crippen molar-refractivity contribution in [2.45, 2.75) is 38.3 Å². The van der Waals surface area contributed by atoms with Crippen molar-refractivity contribution in [3.8, 4) is 5.75 Å². The largest absolute Gasteiger partial charge is 0.497 e. The Balaban J connectivity index is 1.32. The fraction of sp³-hybridized carbons (Fsp3) is 0.538. The molecule has 33 heavy (non-hydrogen) atoms. The van der Waals surface area contributed by atoms with Gasteiger partial charge in [-0.1, -0.05) is 6.58 Å². The van der Waals surface area contributed by atoms with Crippen molar-refractivity contribution in [3.05, 3.63) is 48.2 Å². The summed E-state index contributed by atoms with van der Waals surface area (Å²) in [4.78, 5) is 18.4. The number of esters is 1. The van der Waals surface area contributed by atoms with Gasteiger partial charge in [-0.15, -0.1) is 0 Å². The molecule has 2 aromatic rings. The Labute approximate surface area is 200 Å². The van der Waals surface area contributed by atoms with Crippen molar-refractivity contribution in [1.82, 2.24) is 9.88 Å². The molecule has 5 unspecified atom stereocenters. The number of hydrogen-bond donors (Lipinski definition) is 1. The standard InChI is InChI=1S/C26H34N2O4S/c1-17(2)26(30)32-11-13-33-12-8-19-16-28-10-7-18(19)14-24(28)25(29)21-6-9-27-23-5-4-20(31-3)15-22(21)23/h4-6,9,15,18-19,24-25,29H,1,7-8,10-14,16H2,2-3H3. The van der Waals surface area contributed by atoms with Crippen LogP contribution < -0.4 is 4.74 Å². The number of pyridine rings is 1. The van der Waals surface area contributed by atoms with Crippen LogP contribution in [0.15, 0.2) is 42.6 Å². The minimum atomic E-state index is -0.538. The molecule has 1 aromatic heterocycles. The van der Waals surface area contributed by atoms with Gasteiger partial charge in [0.25, 0.3) is 0 Å². The molecule has 5 rings (SSSR count). The van der Waals surface area contributed by atoms with Gasteiger partial charge in [0.1, 0.15) is 12.4 Å². The first-order chi connectivity index (χ1) is 16.0. The van der Waals surface area contributed by atoms with Crippen molar-refractivity contribution in [1.29, 1.82) is 0 Å². The van der Waals surface area contributed by atoms with Gasteiger partial charge in [-0.3, -0.25) is 9.88 Å². The molecule has 7 heteroatoms. The number of aliphatic hydroxyl groups excluding tert-OH is 1. The van der Waals surface area contributed by atoms with E-state index < -0.39 is 6.10 Å². The minimum absolute atomic E-state index is 0.144. The summed E-state index contributed by atoms with van der Waals surface area (Å²) in [5, 5.41) is 12.4. The first kappa shape index (κ1) is 24.0. The number of benzene rings is 1. The number of carbonyl (C=O) groups excluding carboxylic acids is 1. The van der Waals surface area contributed by atoms with Gasteiger partial charge < -0.3 is 14.6 Å². The highest BCUT2D eigenvalue weighted by molar-refractivity contribution is 7.99. The molecule has 1 N–H and O–H groups in total. The van der Waals surface area contributed by atoms with E-state index in [1.165, 1.54) is 12.8 Å². The molecule has 3 aliphatic heterocycles. The Morgan fingerprint density at radius 3 is 2.94 bits per heavy atom. The van der Waals surface area contributed by atoms with E-state index in [9.17, 15) is 9.90 Å². The van der Waals surface area contributed by atoms with Crippen LogP contribution in [-0.4, -0.2) is 65.3 Å². The number of fused-ring (bicyclic) bond motifs is 4. The molecule has 4 heterocycles. The van der Waals surface area contributed by atoms with Crippen molar-refractivity contribution in [3.63, 3.8) is 0 Å². The van der Waals surface area contributed by atoms with E-state index in [0.29, 0.717) is 24.0 Å². The predicted octanol–water partition coefficient (Wildman–Crippen LogP) is 4.23. The fourth-order valence-electron chi connectivity index (χ4n) is 5.23. The molecule has 0 aliphatic carbocycles. The Morgan fingerprint density at radius 1 is 1.36 bits per heavy atom. The number of aromatic nitrogens is 1. The van der Waals surface area contributed by atoms with Gasteiger partial charge in [-0.2, -0.15) is 11.8 Å². The molecule has 3 fully saturated rings. The zero-order valence-electron chi connectivity index (χ0n) is 19.5. The Hall–Kier alpha value is -2.09. The lowest BCUT2D eigenvalue weighted by Gasteiger charge is -2.51. The Morgan fingerprint density at radius 2 is 2.21 bits per heavy atom. The van der Waals surface area contributed by atoms with Crippen LogP contribution in [0.25, 0.3) is 10.9 Å². The maximum Gasteiger partial charge on any atom is 0.333 e. The summed E-state index contributed by atoms with van der Waals surface area (Å²) in [7, 11) is 1.66. The SMILES string of the molecule is C=C(C)C(=O)OCCSCCC1CN2CCC1CC2C(O)c1ccnc2ccc(OC)cc12. The molecular weight excluding hydrogens is 436 g/mol. The summed E-state index contributed by atoms with van der Waals surface area (Å²) < 4.78 is 10.6. The van der Waals surface area contributed by atoms with E-state index in [-0.39, 0.29) is 12.0 Å². The van der Waals surface area contributed by atoms with Crippen molar-refractivity contribution >= 4 is 28.6 Å². The van der Waals surface area contributed by atoms with Gasteiger partial charge >= 0.3 is 5.97 Å². The summed E-state index contributed by atoms with van der Waals surface area (Å²) in [5.41, 5.74) is 2.27. The third-order valence-corrected chi connectivity index (χ3v) is 8.02. The molecule has 5 atom stereocenters. The van der Waals surface area contributed by atoms with E-state index in [4.69, 9.17) is 9.47 Å². The normalized spacial score (nSPS) is 25.1. The highest BCUT2D eigenvalue weighted by Gasteiger charge is 2.43. The monoisotopic (exact) mass is 470 g/mol. The highest BCUT2D eigenvalue weighted by atomic mass is 32.2. The maximum absolute atomic E-state index is 11.4. The average Bonchev–Trinajstić information content (AvgIpc) is 2.85. The van der Waals surface area contributed by atoms with Gasteiger partial charge in [0.2, 0.25) is 0 Å². The van der Waals surface area contributed by atoms with Crippen LogP contribution in [0.5, 0.6) is 5.75 Å². The number of rotatable bonds is 10. The van der Waals surface area contributed by atoms with Crippen molar-refractivity contribution in [2.24, 2.45) is 11.8 Å². The Kier molecular flexibility index (Phi) is 7.94. The molecule has 0 radical (unpaired) electrons. The highest BCUT2D eigenvalue weighted by Crippen LogP contribution is 2.43. The third-order valence-electron chi connectivity index (χ3n) is 7.04. The van der Waals surface area contributed by atoms with Crippen LogP contribution >= 0.6 is 11.8 Å². The predicted molar refractivity (Wildman–Crippen MR) is 133 cm³/mol. The number of piperidine rings is 3. The lowest BCUT2D eigenvalue weighted by Crippen LogP contribution is -2.55. The van der Waals surface area contributed by atoms with Crippen LogP contribution in [0, 0.1) is 11.8 Å². The maximum atomic E-state index is 11.4. The van der Waals surface area contributed by atoms with Gasteiger partial charge in [-0.05, 0) is 80.1 Å². The van der Waals surface area contributed by atoms with E-state index >= 15 is 0 Å². The summed E-state index contributed by atoms with van der Waals surface area (Å²) in [6.45, 7) is 7.81. The number of thioether (sulfide) groups is 1. The van der Waals surface area contributed by atoms with Crippen LogP contribution in [0.1, 0.15) is 37.9 Å². The number of aliphatic hydroxyl groups is 1. The fourth-order valence-corrected chi connectivity index (χ4v) is 6.10.